The molecule has 0 aliphatic rings. The van der Waals surface area contributed by atoms with Gasteiger partial charge >= 0.3 is 12.3 Å². The van der Waals surface area contributed by atoms with Crippen LogP contribution < -0.4 is 10.1 Å². The molecule has 2 rings (SSSR count). The van der Waals surface area contributed by atoms with Gasteiger partial charge in [0, 0.05) is 23.6 Å². The maximum absolute atomic E-state index is 12.2. The second-order valence-electron chi connectivity index (χ2n) is 6.84. The van der Waals surface area contributed by atoms with Crippen LogP contribution in [-0.2, 0) is 20.9 Å². The Labute approximate surface area is 183 Å². The number of benzene rings is 1. The minimum Gasteiger partial charge on any atom is -0.451 e. The summed E-state index contributed by atoms with van der Waals surface area (Å²) in [5.74, 6) is -2.12. The molecule has 0 spiro atoms. The highest BCUT2D eigenvalue weighted by atomic mass is 19.4. The number of nitrogens with zero attached hydrogens (tertiary/aromatic N) is 2. The van der Waals surface area contributed by atoms with Crippen molar-refractivity contribution >= 4 is 23.6 Å². The standard InChI is InChI=1S/C22H22F3N3O4/c1-4-9-28-14(2)10-16(15(28)3)11-17(12-26)21(30)31-13-20(29)27-18-5-7-19(8-6-18)32-22(23,24)25/h5-8,10-11H,4,9,13H2,1-3H3,(H,27,29). The van der Waals surface area contributed by atoms with E-state index in [1.165, 1.54) is 18.2 Å². The molecule has 2 aromatic rings. The van der Waals surface area contributed by atoms with E-state index in [-0.39, 0.29) is 11.3 Å². The first-order valence-corrected chi connectivity index (χ1v) is 9.65. The molecule has 0 atom stereocenters. The largest absolute Gasteiger partial charge is 0.573 e. The van der Waals surface area contributed by atoms with E-state index in [1.54, 1.807) is 6.07 Å². The molecule has 1 aromatic heterocycles. The average Bonchev–Trinajstić information content (AvgIpc) is 2.98. The first-order valence-electron chi connectivity index (χ1n) is 9.65. The average molecular weight is 449 g/mol. The smallest absolute Gasteiger partial charge is 0.451 e. The normalized spacial score (nSPS) is 11.6. The highest BCUT2D eigenvalue weighted by molar-refractivity contribution is 6.00. The van der Waals surface area contributed by atoms with Crippen LogP contribution in [0.4, 0.5) is 18.9 Å². The van der Waals surface area contributed by atoms with Crippen molar-refractivity contribution in [2.75, 3.05) is 11.9 Å². The van der Waals surface area contributed by atoms with Crippen LogP contribution in [0.25, 0.3) is 6.08 Å². The molecule has 0 aliphatic heterocycles. The van der Waals surface area contributed by atoms with Gasteiger partial charge in [-0.25, -0.2) is 4.79 Å². The van der Waals surface area contributed by atoms with E-state index in [1.807, 2.05) is 26.8 Å². The number of nitriles is 1. The fourth-order valence-corrected chi connectivity index (χ4v) is 2.98. The number of rotatable bonds is 8. The zero-order chi connectivity index (χ0) is 23.9. The van der Waals surface area contributed by atoms with Gasteiger partial charge in [0.2, 0.25) is 0 Å². The second-order valence-corrected chi connectivity index (χ2v) is 6.84. The molecule has 0 aliphatic carbocycles. The lowest BCUT2D eigenvalue weighted by Crippen LogP contribution is -2.21. The molecular weight excluding hydrogens is 427 g/mol. The number of halogens is 3. The second kappa shape index (κ2) is 10.5. The summed E-state index contributed by atoms with van der Waals surface area (Å²) >= 11 is 0. The molecular formula is C22H22F3N3O4. The number of ether oxygens (including phenoxy) is 2. The first-order chi connectivity index (χ1) is 15.0. The van der Waals surface area contributed by atoms with Gasteiger partial charge in [0.05, 0.1) is 0 Å². The summed E-state index contributed by atoms with van der Waals surface area (Å²) in [5.41, 5.74) is 2.52. The summed E-state index contributed by atoms with van der Waals surface area (Å²) in [4.78, 5) is 24.2. The van der Waals surface area contributed by atoms with Gasteiger partial charge in [0.15, 0.2) is 6.61 Å². The van der Waals surface area contributed by atoms with Crippen LogP contribution in [0.15, 0.2) is 35.9 Å². The molecule has 170 valence electrons. The van der Waals surface area contributed by atoms with Crippen LogP contribution >= 0.6 is 0 Å². The fraction of sp³-hybridized carbons (Fsp3) is 0.318. The molecule has 1 aromatic carbocycles. The lowest BCUT2D eigenvalue weighted by molar-refractivity contribution is -0.274. The molecule has 1 N–H and O–H groups in total. The third-order valence-corrected chi connectivity index (χ3v) is 4.41. The Morgan fingerprint density at radius 2 is 1.88 bits per heavy atom. The summed E-state index contributed by atoms with van der Waals surface area (Å²) < 4.78 is 47.2. The third kappa shape index (κ3) is 6.91. The van der Waals surface area contributed by atoms with E-state index in [0.717, 1.165) is 36.5 Å². The number of carbonyl (C=O) groups excluding carboxylic acids is 2. The van der Waals surface area contributed by atoms with Crippen LogP contribution in [0.5, 0.6) is 5.75 Å². The minimum atomic E-state index is -4.82. The molecule has 32 heavy (non-hydrogen) atoms. The molecule has 0 fully saturated rings. The Hall–Kier alpha value is -3.74. The molecule has 0 bridgehead atoms. The van der Waals surface area contributed by atoms with E-state index in [9.17, 15) is 28.0 Å². The van der Waals surface area contributed by atoms with Gasteiger partial charge in [0.25, 0.3) is 5.91 Å². The number of esters is 1. The summed E-state index contributed by atoms with van der Waals surface area (Å²) in [5, 5.41) is 11.7. The van der Waals surface area contributed by atoms with Gasteiger partial charge in [0.1, 0.15) is 17.4 Å². The van der Waals surface area contributed by atoms with Crippen LogP contribution in [0.1, 0.15) is 30.3 Å². The Kier molecular flexibility index (Phi) is 8.07. The lowest BCUT2D eigenvalue weighted by atomic mass is 10.1. The predicted molar refractivity (Wildman–Crippen MR) is 111 cm³/mol. The number of hydrogen-bond acceptors (Lipinski definition) is 5. The number of alkyl halides is 3. The van der Waals surface area contributed by atoms with Gasteiger partial charge in [-0.2, -0.15) is 5.26 Å². The van der Waals surface area contributed by atoms with Crippen molar-refractivity contribution in [2.24, 2.45) is 0 Å². The van der Waals surface area contributed by atoms with Gasteiger partial charge in [-0.3, -0.25) is 4.79 Å². The van der Waals surface area contributed by atoms with Crippen molar-refractivity contribution in [3.8, 4) is 11.8 Å². The van der Waals surface area contributed by atoms with E-state index in [4.69, 9.17) is 4.74 Å². The van der Waals surface area contributed by atoms with Crippen molar-refractivity contribution < 1.29 is 32.2 Å². The van der Waals surface area contributed by atoms with E-state index >= 15 is 0 Å². The first kappa shape index (κ1) is 24.5. The van der Waals surface area contributed by atoms with E-state index < -0.39 is 30.6 Å². The maximum Gasteiger partial charge on any atom is 0.573 e. The number of aromatic nitrogens is 1. The molecule has 0 saturated heterocycles. The van der Waals surface area contributed by atoms with Crippen molar-refractivity contribution in [3.63, 3.8) is 0 Å². The number of nitrogens with one attached hydrogen (secondary N) is 1. The molecule has 1 heterocycles. The summed E-state index contributed by atoms with van der Waals surface area (Å²) in [7, 11) is 0. The Morgan fingerprint density at radius 1 is 1.22 bits per heavy atom. The van der Waals surface area contributed by atoms with Gasteiger partial charge in [-0.15, -0.1) is 13.2 Å². The van der Waals surface area contributed by atoms with Gasteiger partial charge in [-0.05, 0) is 62.2 Å². The monoisotopic (exact) mass is 449 g/mol. The summed E-state index contributed by atoms with van der Waals surface area (Å²) in [6, 6.07) is 8.09. The molecule has 7 nitrogen and oxygen atoms in total. The van der Waals surface area contributed by atoms with Gasteiger partial charge < -0.3 is 19.4 Å². The zero-order valence-corrected chi connectivity index (χ0v) is 17.7. The molecule has 0 unspecified atom stereocenters. The molecule has 0 saturated carbocycles. The third-order valence-electron chi connectivity index (χ3n) is 4.41. The number of amides is 1. The van der Waals surface area contributed by atoms with E-state index in [2.05, 4.69) is 14.6 Å². The highest BCUT2D eigenvalue weighted by Gasteiger charge is 2.31. The zero-order valence-electron chi connectivity index (χ0n) is 17.7. The highest BCUT2D eigenvalue weighted by Crippen LogP contribution is 2.24. The summed E-state index contributed by atoms with van der Waals surface area (Å²) in [6.45, 7) is 5.99. The molecule has 0 radical (unpaired) electrons. The molecule has 1 amide bonds. The Bertz CT molecular complexity index is 1050. The van der Waals surface area contributed by atoms with Gasteiger partial charge in [-0.1, -0.05) is 6.92 Å². The van der Waals surface area contributed by atoms with Crippen molar-refractivity contribution in [2.45, 2.75) is 40.1 Å². The maximum atomic E-state index is 12.2. The van der Waals surface area contributed by atoms with Crippen LogP contribution in [0.3, 0.4) is 0 Å². The van der Waals surface area contributed by atoms with Crippen LogP contribution in [0, 0.1) is 25.2 Å². The predicted octanol–water partition coefficient (Wildman–Crippen LogP) is 4.50. The van der Waals surface area contributed by atoms with Crippen molar-refractivity contribution in [3.05, 3.63) is 52.9 Å². The molecule has 10 heteroatoms. The minimum absolute atomic E-state index is 0.181. The quantitative estimate of drug-likeness (QED) is 0.364. The lowest BCUT2D eigenvalue weighted by Gasteiger charge is -2.10. The summed E-state index contributed by atoms with van der Waals surface area (Å²) in [6.07, 6.45) is -2.48. The van der Waals surface area contributed by atoms with Crippen LogP contribution in [0.2, 0.25) is 0 Å². The number of carbonyl (C=O) groups is 2. The SMILES string of the molecule is CCCn1c(C)cc(C=C(C#N)C(=O)OCC(=O)Nc2ccc(OC(F)(F)F)cc2)c1C. The van der Waals surface area contributed by atoms with E-state index in [0.29, 0.717) is 5.56 Å². The number of aryl methyl sites for hydroxylation is 1. The number of hydrogen-bond donors (Lipinski definition) is 1. The van der Waals surface area contributed by atoms with Crippen LogP contribution in [-0.4, -0.2) is 29.4 Å². The van der Waals surface area contributed by atoms with Crippen molar-refractivity contribution in [1.82, 2.24) is 4.57 Å². The topological polar surface area (TPSA) is 93.4 Å². The van der Waals surface area contributed by atoms with Crippen molar-refractivity contribution in [1.29, 1.82) is 5.26 Å². The fourth-order valence-electron chi connectivity index (χ4n) is 2.98. The Balaban J connectivity index is 1.97. The Morgan fingerprint density at radius 3 is 2.44 bits per heavy atom. The number of anilines is 1.